The van der Waals surface area contributed by atoms with E-state index < -0.39 is 24.5 Å². The third kappa shape index (κ3) is 7.52. The molecule has 0 aromatic heterocycles. The molecule has 1 heterocycles. The van der Waals surface area contributed by atoms with Gasteiger partial charge in [0.1, 0.15) is 13.1 Å². The molecule has 1 saturated heterocycles. The van der Waals surface area contributed by atoms with E-state index in [1.165, 1.54) is 24.2 Å². The number of nitrogens with zero attached hydrogens (tertiary/aromatic N) is 2. The number of carbonyl (C=O) groups excluding carboxylic acids is 2. The Labute approximate surface area is 179 Å². The molecule has 3 amide bonds. The highest BCUT2D eigenvalue weighted by molar-refractivity contribution is 9.09. The average molecular weight is 465 g/mol. The molecule has 0 saturated carbocycles. The van der Waals surface area contributed by atoms with Gasteiger partial charge in [0.05, 0.1) is 6.61 Å². The molecule has 0 radical (unpaired) electrons. The highest BCUT2D eigenvalue weighted by Gasteiger charge is 2.37. The van der Waals surface area contributed by atoms with E-state index in [2.05, 4.69) is 27.8 Å². The summed E-state index contributed by atoms with van der Waals surface area (Å²) in [4.78, 5) is 37.0. The molecular weight excluding hydrogens is 440 g/mol. The van der Waals surface area contributed by atoms with Crippen molar-refractivity contribution in [2.24, 2.45) is 0 Å². The van der Waals surface area contributed by atoms with Crippen LogP contribution >= 0.6 is 15.9 Å². The number of benzene rings is 1. The first kappa shape index (κ1) is 22.9. The molecule has 0 spiro atoms. The molecule has 0 atom stereocenters. The van der Waals surface area contributed by atoms with Crippen LogP contribution < -0.4 is 4.90 Å². The SMILES string of the molecule is O=C(O)CN1C(=O)CN(c2cccc(C#CCCOCCCCCCBr)c2)C1=O. The lowest BCUT2D eigenvalue weighted by molar-refractivity contribution is -0.141. The maximum absolute atomic E-state index is 12.3. The first-order chi connectivity index (χ1) is 14.0. The van der Waals surface area contributed by atoms with E-state index in [1.54, 1.807) is 18.2 Å². The number of hydrogen-bond donors (Lipinski definition) is 1. The molecule has 0 aliphatic carbocycles. The second-order valence-corrected chi connectivity index (χ2v) is 7.35. The maximum atomic E-state index is 12.3. The number of halogens is 1. The first-order valence-electron chi connectivity index (χ1n) is 9.59. The Morgan fingerprint density at radius 1 is 1.17 bits per heavy atom. The van der Waals surface area contributed by atoms with Gasteiger partial charge in [0.15, 0.2) is 0 Å². The number of anilines is 1. The minimum Gasteiger partial charge on any atom is -0.480 e. The standard InChI is InChI=1S/C21H25BrN2O5/c22-11-4-1-2-5-12-29-13-6-3-8-17-9-7-10-18(14-17)23-15-19(25)24(21(23)28)16-20(26)27/h7,9-10,14H,1-2,4-6,11-13,15-16H2,(H,26,27). The van der Waals surface area contributed by atoms with E-state index in [0.29, 0.717) is 24.3 Å². The van der Waals surface area contributed by atoms with Gasteiger partial charge in [-0.15, -0.1) is 0 Å². The number of carboxylic acids is 1. The molecule has 1 aromatic rings. The summed E-state index contributed by atoms with van der Waals surface area (Å²) in [6, 6.07) is 6.35. The van der Waals surface area contributed by atoms with Crippen LogP contribution in [-0.4, -0.2) is 59.5 Å². The van der Waals surface area contributed by atoms with Crippen LogP contribution in [0.15, 0.2) is 24.3 Å². The first-order valence-corrected chi connectivity index (χ1v) is 10.7. The van der Waals surface area contributed by atoms with Gasteiger partial charge in [0.25, 0.3) is 5.91 Å². The summed E-state index contributed by atoms with van der Waals surface area (Å²) in [6.07, 6.45) is 5.25. The zero-order valence-corrected chi connectivity index (χ0v) is 17.8. The van der Waals surface area contributed by atoms with E-state index in [0.717, 1.165) is 23.3 Å². The largest absolute Gasteiger partial charge is 0.480 e. The minimum absolute atomic E-state index is 0.174. The molecular formula is C21H25BrN2O5. The third-order valence-electron chi connectivity index (χ3n) is 4.28. The van der Waals surface area contributed by atoms with Crippen LogP contribution in [0.3, 0.4) is 0 Å². The van der Waals surface area contributed by atoms with Crippen LogP contribution in [0, 0.1) is 11.8 Å². The predicted molar refractivity (Wildman–Crippen MR) is 113 cm³/mol. The van der Waals surface area contributed by atoms with Crippen LogP contribution in [-0.2, 0) is 14.3 Å². The number of imide groups is 1. The second-order valence-electron chi connectivity index (χ2n) is 6.56. The molecule has 156 valence electrons. The summed E-state index contributed by atoms with van der Waals surface area (Å²) < 4.78 is 5.57. The average Bonchev–Trinajstić information content (AvgIpc) is 2.97. The minimum atomic E-state index is -1.23. The highest BCUT2D eigenvalue weighted by atomic mass is 79.9. The van der Waals surface area contributed by atoms with Gasteiger partial charge in [-0.05, 0) is 31.0 Å². The van der Waals surface area contributed by atoms with Gasteiger partial charge in [0, 0.05) is 29.6 Å². The number of amides is 3. The van der Waals surface area contributed by atoms with E-state index in [9.17, 15) is 14.4 Å². The number of carboxylic acid groups (broad SMARTS) is 1. The van der Waals surface area contributed by atoms with E-state index >= 15 is 0 Å². The summed E-state index contributed by atoms with van der Waals surface area (Å²) in [7, 11) is 0. The van der Waals surface area contributed by atoms with Crippen molar-refractivity contribution in [3.8, 4) is 11.8 Å². The smallest absolute Gasteiger partial charge is 0.332 e. The number of rotatable bonds is 11. The second kappa shape index (κ2) is 12.2. The Kier molecular flexibility index (Phi) is 9.68. The Bertz CT molecular complexity index is 787. The van der Waals surface area contributed by atoms with Gasteiger partial charge in [-0.2, -0.15) is 0 Å². The van der Waals surface area contributed by atoms with Crippen molar-refractivity contribution in [3.63, 3.8) is 0 Å². The van der Waals surface area contributed by atoms with Crippen molar-refractivity contribution in [2.45, 2.75) is 32.1 Å². The zero-order valence-electron chi connectivity index (χ0n) is 16.2. The number of aliphatic carboxylic acids is 1. The summed E-state index contributed by atoms with van der Waals surface area (Å²) in [6.45, 7) is 0.516. The van der Waals surface area contributed by atoms with Gasteiger partial charge < -0.3 is 9.84 Å². The van der Waals surface area contributed by atoms with Crippen LogP contribution in [0.5, 0.6) is 0 Å². The predicted octanol–water partition coefficient (Wildman–Crippen LogP) is 3.25. The fourth-order valence-electron chi connectivity index (χ4n) is 2.83. The number of urea groups is 1. The normalized spacial score (nSPS) is 13.6. The van der Waals surface area contributed by atoms with Crippen molar-refractivity contribution >= 4 is 39.5 Å². The number of ether oxygens (including phenoxy) is 1. The van der Waals surface area contributed by atoms with E-state index in [-0.39, 0.29) is 6.54 Å². The van der Waals surface area contributed by atoms with Gasteiger partial charge >= 0.3 is 12.0 Å². The number of alkyl halides is 1. The molecule has 8 heteroatoms. The Balaban J connectivity index is 1.82. The summed E-state index contributed by atoms with van der Waals surface area (Å²) in [5.41, 5.74) is 1.23. The fraction of sp³-hybridized carbons (Fsp3) is 0.476. The lowest BCUT2D eigenvalue weighted by Gasteiger charge is -2.16. The lowest BCUT2D eigenvalue weighted by atomic mass is 10.2. The Hall–Kier alpha value is -2.37. The molecule has 1 fully saturated rings. The Morgan fingerprint density at radius 3 is 2.72 bits per heavy atom. The number of carbonyl (C=O) groups is 3. The van der Waals surface area contributed by atoms with E-state index in [1.807, 2.05) is 6.07 Å². The number of hydrogen-bond acceptors (Lipinski definition) is 4. The topological polar surface area (TPSA) is 87.2 Å². The Morgan fingerprint density at radius 2 is 1.97 bits per heavy atom. The molecule has 0 bridgehead atoms. The lowest BCUT2D eigenvalue weighted by Crippen LogP contribution is -2.36. The van der Waals surface area contributed by atoms with Gasteiger partial charge in [-0.1, -0.05) is 46.7 Å². The van der Waals surface area contributed by atoms with Gasteiger partial charge in [-0.25, -0.2) is 4.79 Å². The van der Waals surface area contributed by atoms with Crippen molar-refractivity contribution < 1.29 is 24.2 Å². The summed E-state index contributed by atoms with van der Waals surface area (Å²) in [5, 5.41) is 9.89. The van der Waals surface area contributed by atoms with Crippen LogP contribution in [0.25, 0.3) is 0 Å². The van der Waals surface area contributed by atoms with Crippen molar-refractivity contribution in [1.29, 1.82) is 0 Å². The quantitative estimate of drug-likeness (QED) is 0.235. The molecule has 1 N–H and O–H groups in total. The molecule has 7 nitrogen and oxygen atoms in total. The van der Waals surface area contributed by atoms with Crippen LogP contribution in [0.2, 0.25) is 0 Å². The molecule has 1 aromatic carbocycles. The molecule has 1 aliphatic rings. The van der Waals surface area contributed by atoms with Gasteiger partial charge in [-0.3, -0.25) is 19.4 Å². The summed E-state index contributed by atoms with van der Waals surface area (Å²) >= 11 is 3.42. The molecule has 2 rings (SSSR count). The third-order valence-corrected chi connectivity index (χ3v) is 4.84. The monoisotopic (exact) mass is 464 g/mol. The van der Waals surface area contributed by atoms with Crippen LogP contribution in [0.4, 0.5) is 10.5 Å². The van der Waals surface area contributed by atoms with Gasteiger partial charge in [0.2, 0.25) is 0 Å². The highest BCUT2D eigenvalue weighted by Crippen LogP contribution is 2.22. The molecule has 0 unspecified atom stereocenters. The molecule has 1 aliphatic heterocycles. The van der Waals surface area contributed by atoms with E-state index in [4.69, 9.17) is 9.84 Å². The summed E-state index contributed by atoms with van der Waals surface area (Å²) in [5.74, 6) is 4.32. The van der Waals surface area contributed by atoms with Crippen molar-refractivity contribution in [3.05, 3.63) is 29.8 Å². The van der Waals surface area contributed by atoms with Crippen molar-refractivity contribution in [1.82, 2.24) is 4.90 Å². The maximum Gasteiger partial charge on any atom is 0.332 e. The zero-order chi connectivity index (χ0) is 21.1. The number of unbranched alkanes of at least 4 members (excludes halogenated alkanes) is 3. The van der Waals surface area contributed by atoms with Crippen molar-refractivity contribution in [2.75, 3.05) is 36.5 Å². The molecule has 29 heavy (non-hydrogen) atoms. The fourth-order valence-corrected chi connectivity index (χ4v) is 3.22. The van der Waals surface area contributed by atoms with Crippen LogP contribution in [0.1, 0.15) is 37.7 Å².